The highest BCUT2D eigenvalue weighted by Gasteiger charge is 2.03. The van der Waals surface area contributed by atoms with E-state index < -0.39 is 0 Å². The van der Waals surface area contributed by atoms with Crippen LogP contribution >= 0.6 is 11.6 Å². The van der Waals surface area contributed by atoms with Crippen LogP contribution in [0.3, 0.4) is 0 Å². The van der Waals surface area contributed by atoms with Gasteiger partial charge < -0.3 is 10.6 Å². The summed E-state index contributed by atoms with van der Waals surface area (Å²) in [5, 5.41) is 4.30. The third kappa shape index (κ3) is 3.98. The number of halogens is 1. The quantitative estimate of drug-likeness (QED) is 0.659. The van der Waals surface area contributed by atoms with Crippen LogP contribution in [0.1, 0.15) is 18.2 Å². The Morgan fingerprint density at radius 1 is 1.38 bits per heavy atom. The van der Waals surface area contributed by atoms with Crippen molar-refractivity contribution in [3.63, 3.8) is 0 Å². The van der Waals surface area contributed by atoms with E-state index in [2.05, 4.69) is 34.0 Å². The van der Waals surface area contributed by atoms with E-state index in [0.717, 1.165) is 30.0 Å². The third-order valence-electron chi connectivity index (χ3n) is 3.16. The Hall–Kier alpha value is -2.01. The van der Waals surface area contributed by atoms with Crippen molar-refractivity contribution in [3.8, 4) is 0 Å². The molecule has 112 valence electrons. The highest BCUT2D eigenvalue weighted by atomic mass is 35.5. The zero-order chi connectivity index (χ0) is 15.2. The van der Waals surface area contributed by atoms with Gasteiger partial charge in [-0.05, 0) is 31.5 Å². The first kappa shape index (κ1) is 15.4. The molecule has 0 aliphatic carbocycles. The zero-order valence-corrected chi connectivity index (χ0v) is 13.1. The SMILES string of the molecule is CCN(CCCl)c1ccc(C=Nn2cc(C)nc2N)cc1. The molecule has 0 atom stereocenters. The van der Waals surface area contributed by atoms with Gasteiger partial charge in [0, 0.05) is 24.7 Å². The van der Waals surface area contributed by atoms with Gasteiger partial charge in [-0.2, -0.15) is 5.10 Å². The molecule has 21 heavy (non-hydrogen) atoms. The molecular formula is C15H20ClN5. The predicted molar refractivity (Wildman–Crippen MR) is 89.4 cm³/mol. The second kappa shape index (κ2) is 7.13. The van der Waals surface area contributed by atoms with E-state index in [1.165, 1.54) is 0 Å². The van der Waals surface area contributed by atoms with Crippen molar-refractivity contribution in [3.05, 3.63) is 41.7 Å². The Balaban J connectivity index is 2.10. The maximum absolute atomic E-state index is 5.81. The number of aryl methyl sites for hydroxylation is 1. The number of rotatable bonds is 6. The largest absolute Gasteiger partial charge is 0.371 e. The standard InChI is InChI=1S/C15H20ClN5/c1-3-20(9-8-16)14-6-4-13(5-7-14)10-18-21-11-12(2)19-15(21)17/h4-7,10-11H,3,8-9H2,1-2H3,(H2,17,19). The topological polar surface area (TPSA) is 59.4 Å². The van der Waals surface area contributed by atoms with Crippen LogP contribution in [-0.4, -0.2) is 34.8 Å². The van der Waals surface area contributed by atoms with E-state index in [-0.39, 0.29) is 0 Å². The number of alkyl halides is 1. The van der Waals surface area contributed by atoms with Crippen LogP contribution < -0.4 is 10.6 Å². The number of anilines is 2. The first-order chi connectivity index (χ1) is 10.1. The molecule has 0 radical (unpaired) electrons. The smallest absolute Gasteiger partial charge is 0.221 e. The van der Waals surface area contributed by atoms with Gasteiger partial charge in [0.05, 0.1) is 18.1 Å². The van der Waals surface area contributed by atoms with E-state index in [9.17, 15) is 0 Å². The van der Waals surface area contributed by atoms with E-state index in [1.807, 2.05) is 19.1 Å². The number of imidazole rings is 1. The molecule has 0 fully saturated rings. The van der Waals surface area contributed by atoms with Crippen molar-refractivity contribution in [2.75, 3.05) is 29.6 Å². The Kier molecular flexibility index (Phi) is 5.22. The average molecular weight is 306 g/mol. The van der Waals surface area contributed by atoms with Crippen molar-refractivity contribution in [2.24, 2.45) is 5.10 Å². The second-order valence-electron chi connectivity index (χ2n) is 4.69. The minimum atomic E-state index is 0.389. The van der Waals surface area contributed by atoms with E-state index in [1.54, 1.807) is 17.1 Å². The number of benzene rings is 1. The maximum Gasteiger partial charge on any atom is 0.221 e. The van der Waals surface area contributed by atoms with Crippen LogP contribution in [0.15, 0.2) is 35.6 Å². The normalized spacial score (nSPS) is 11.2. The molecule has 0 spiro atoms. The van der Waals surface area contributed by atoms with Gasteiger partial charge in [-0.1, -0.05) is 12.1 Å². The van der Waals surface area contributed by atoms with Crippen molar-refractivity contribution in [1.29, 1.82) is 0 Å². The summed E-state index contributed by atoms with van der Waals surface area (Å²) in [4.78, 5) is 6.33. The molecular weight excluding hydrogens is 286 g/mol. The molecule has 5 nitrogen and oxygen atoms in total. The fraction of sp³-hybridized carbons (Fsp3) is 0.333. The summed E-state index contributed by atoms with van der Waals surface area (Å²) in [6.45, 7) is 5.78. The van der Waals surface area contributed by atoms with E-state index in [4.69, 9.17) is 17.3 Å². The summed E-state index contributed by atoms with van der Waals surface area (Å²) in [5.74, 6) is 1.01. The highest BCUT2D eigenvalue weighted by Crippen LogP contribution is 2.14. The van der Waals surface area contributed by atoms with Gasteiger partial charge in [0.15, 0.2) is 0 Å². The van der Waals surface area contributed by atoms with Crippen LogP contribution in [0.25, 0.3) is 0 Å². The van der Waals surface area contributed by atoms with Gasteiger partial charge in [0.1, 0.15) is 0 Å². The summed E-state index contributed by atoms with van der Waals surface area (Å²) >= 11 is 5.81. The highest BCUT2D eigenvalue weighted by molar-refractivity contribution is 6.18. The van der Waals surface area contributed by atoms with Crippen molar-refractivity contribution < 1.29 is 0 Å². The summed E-state index contributed by atoms with van der Waals surface area (Å²) < 4.78 is 1.56. The molecule has 2 aromatic rings. The predicted octanol–water partition coefficient (Wildman–Crippen LogP) is 2.72. The monoisotopic (exact) mass is 305 g/mol. The Morgan fingerprint density at radius 3 is 2.62 bits per heavy atom. The molecule has 0 unspecified atom stereocenters. The van der Waals surface area contributed by atoms with Crippen molar-refractivity contribution in [2.45, 2.75) is 13.8 Å². The van der Waals surface area contributed by atoms with Gasteiger partial charge in [0.25, 0.3) is 0 Å². The minimum Gasteiger partial charge on any atom is -0.371 e. The van der Waals surface area contributed by atoms with Crippen molar-refractivity contribution in [1.82, 2.24) is 9.66 Å². The zero-order valence-electron chi connectivity index (χ0n) is 12.3. The molecule has 2 N–H and O–H groups in total. The molecule has 1 aromatic carbocycles. The molecule has 0 amide bonds. The fourth-order valence-corrected chi connectivity index (χ4v) is 2.27. The lowest BCUT2D eigenvalue weighted by Crippen LogP contribution is -2.24. The van der Waals surface area contributed by atoms with Crippen LogP contribution in [-0.2, 0) is 0 Å². The Morgan fingerprint density at radius 2 is 2.10 bits per heavy atom. The van der Waals surface area contributed by atoms with Crippen LogP contribution in [0.4, 0.5) is 11.6 Å². The molecule has 0 saturated carbocycles. The Bertz CT molecular complexity index is 603. The van der Waals surface area contributed by atoms with Gasteiger partial charge in [-0.25, -0.2) is 9.66 Å². The van der Waals surface area contributed by atoms with Crippen LogP contribution in [0.5, 0.6) is 0 Å². The summed E-state index contributed by atoms with van der Waals surface area (Å²) in [7, 11) is 0. The molecule has 0 aliphatic rings. The number of nitrogens with two attached hydrogens (primary N) is 1. The van der Waals surface area contributed by atoms with Gasteiger partial charge >= 0.3 is 0 Å². The summed E-state index contributed by atoms with van der Waals surface area (Å²) in [6, 6.07) is 8.19. The average Bonchev–Trinajstić information content (AvgIpc) is 2.81. The van der Waals surface area contributed by atoms with E-state index in [0.29, 0.717) is 11.8 Å². The van der Waals surface area contributed by atoms with Crippen molar-refractivity contribution >= 4 is 29.5 Å². The molecule has 2 rings (SSSR count). The summed E-state index contributed by atoms with van der Waals surface area (Å²) in [6.07, 6.45) is 3.55. The number of hydrogen-bond donors (Lipinski definition) is 1. The molecule has 1 heterocycles. The van der Waals surface area contributed by atoms with Crippen LogP contribution in [0.2, 0.25) is 0 Å². The van der Waals surface area contributed by atoms with Crippen LogP contribution in [0, 0.1) is 6.92 Å². The van der Waals surface area contributed by atoms with Gasteiger partial charge in [-0.15, -0.1) is 11.6 Å². The minimum absolute atomic E-state index is 0.389. The fourth-order valence-electron chi connectivity index (χ4n) is 2.07. The number of hydrogen-bond acceptors (Lipinski definition) is 4. The molecule has 6 heteroatoms. The number of aromatic nitrogens is 2. The first-order valence-electron chi connectivity index (χ1n) is 6.91. The summed E-state index contributed by atoms with van der Waals surface area (Å²) in [5.41, 5.74) is 8.75. The second-order valence-corrected chi connectivity index (χ2v) is 5.07. The lowest BCUT2D eigenvalue weighted by atomic mass is 10.2. The van der Waals surface area contributed by atoms with Gasteiger partial charge in [-0.3, -0.25) is 0 Å². The first-order valence-corrected chi connectivity index (χ1v) is 7.44. The Labute approximate surface area is 130 Å². The lowest BCUT2D eigenvalue weighted by molar-refractivity contribution is 0.870. The molecule has 0 aliphatic heterocycles. The molecule has 0 bridgehead atoms. The number of nitrogens with zero attached hydrogens (tertiary/aromatic N) is 4. The van der Waals surface area contributed by atoms with Gasteiger partial charge in [0.2, 0.25) is 5.95 Å². The molecule has 0 saturated heterocycles. The third-order valence-corrected chi connectivity index (χ3v) is 3.33. The molecule has 1 aromatic heterocycles. The lowest BCUT2D eigenvalue weighted by Gasteiger charge is -2.21. The van der Waals surface area contributed by atoms with E-state index >= 15 is 0 Å². The maximum atomic E-state index is 5.81. The number of nitrogen functional groups attached to an aromatic ring is 1.